The van der Waals surface area contributed by atoms with Crippen LogP contribution in [0.5, 0.6) is 0 Å². The van der Waals surface area contributed by atoms with Gasteiger partial charge < -0.3 is 0 Å². The van der Waals surface area contributed by atoms with Crippen molar-refractivity contribution in [3.8, 4) is 11.3 Å². The second-order valence-electron chi connectivity index (χ2n) is 4.56. The third-order valence-electron chi connectivity index (χ3n) is 3.36. The molecule has 0 spiro atoms. The van der Waals surface area contributed by atoms with Crippen LogP contribution in [-0.2, 0) is 7.05 Å². The van der Waals surface area contributed by atoms with Gasteiger partial charge in [-0.15, -0.1) is 0 Å². The Morgan fingerprint density at radius 3 is 2.50 bits per heavy atom. The standard InChI is InChI=1S/C15H15N3/c1-10-15(11(2)18(3)17-10)14-9-8-12-6-4-5-7-13(12)16-14/h4-9H,1-3H3. The molecule has 2 aromatic heterocycles. The van der Waals surface area contributed by atoms with Crippen LogP contribution in [0.25, 0.3) is 22.2 Å². The van der Waals surface area contributed by atoms with Crippen molar-refractivity contribution in [3.05, 3.63) is 47.8 Å². The average molecular weight is 237 g/mol. The molecule has 0 atom stereocenters. The van der Waals surface area contributed by atoms with E-state index in [0.717, 1.165) is 28.2 Å². The Balaban J connectivity index is 2.25. The summed E-state index contributed by atoms with van der Waals surface area (Å²) in [5.41, 5.74) is 5.34. The molecule has 0 aliphatic rings. The summed E-state index contributed by atoms with van der Waals surface area (Å²) in [7, 11) is 1.97. The van der Waals surface area contributed by atoms with E-state index in [-0.39, 0.29) is 0 Å². The summed E-state index contributed by atoms with van der Waals surface area (Å²) < 4.78 is 1.90. The van der Waals surface area contributed by atoms with Crippen molar-refractivity contribution >= 4 is 10.9 Å². The van der Waals surface area contributed by atoms with E-state index < -0.39 is 0 Å². The average Bonchev–Trinajstić information content (AvgIpc) is 2.63. The summed E-state index contributed by atoms with van der Waals surface area (Å²) >= 11 is 0. The number of hydrogen-bond acceptors (Lipinski definition) is 2. The van der Waals surface area contributed by atoms with E-state index in [1.807, 2.05) is 36.9 Å². The molecule has 0 radical (unpaired) electrons. The first-order chi connectivity index (χ1) is 8.66. The van der Waals surface area contributed by atoms with Gasteiger partial charge in [0.05, 0.1) is 16.9 Å². The molecule has 0 fully saturated rings. The first-order valence-electron chi connectivity index (χ1n) is 6.03. The van der Waals surface area contributed by atoms with E-state index >= 15 is 0 Å². The van der Waals surface area contributed by atoms with Crippen molar-refractivity contribution in [2.75, 3.05) is 0 Å². The fourth-order valence-electron chi connectivity index (χ4n) is 2.35. The molecule has 0 saturated heterocycles. The molecule has 3 nitrogen and oxygen atoms in total. The van der Waals surface area contributed by atoms with Crippen LogP contribution < -0.4 is 0 Å². The predicted octanol–water partition coefficient (Wildman–Crippen LogP) is 3.25. The van der Waals surface area contributed by atoms with E-state index in [0.29, 0.717) is 0 Å². The maximum atomic E-state index is 4.73. The molecular weight excluding hydrogens is 222 g/mol. The lowest BCUT2D eigenvalue weighted by Crippen LogP contribution is -1.93. The number of rotatable bonds is 1. The molecule has 3 rings (SSSR count). The lowest BCUT2D eigenvalue weighted by atomic mass is 10.1. The zero-order chi connectivity index (χ0) is 12.7. The maximum Gasteiger partial charge on any atom is 0.0746 e. The van der Waals surface area contributed by atoms with Crippen molar-refractivity contribution in [1.82, 2.24) is 14.8 Å². The number of hydrogen-bond donors (Lipinski definition) is 0. The summed E-state index contributed by atoms with van der Waals surface area (Å²) in [4.78, 5) is 4.73. The molecule has 0 unspecified atom stereocenters. The molecule has 0 saturated carbocycles. The maximum absolute atomic E-state index is 4.73. The number of nitrogens with zero attached hydrogens (tertiary/aromatic N) is 3. The quantitative estimate of drug-likeness (QED) is 0.650. The minimum absolute atomic E-state index is 0.997. The highest BCUT2D eigenvalue weighted by molar-refractivity contribution is 5.82. The van der Waals surface area contributed by atoms with Gasteiger partial charge in [0, 0.05) is 23.7 Å². The molecule has 0 aliphatic carbocycles. The highest BCUT2D eigenvalue weighted by Gasteiger charge is 2.12. The second-order valence-corrected chi connectivity index (χ2v) is 4.56. The van der Waals surface area contributed by atoms with Gasteiger partial charge in [0.25, 0.3) is 0 Å². The molecule has 3 heteroatoms. The van der Waals surface area contributed by atoms with Crippen LogP contribution in [0.3, 0.4) is 0 Å². The van der Waals surface area contributed by atoms with Gasteiger partial charge >= 0.3 is 0 Å². The SMILES string of the molecule is Cc1nn(C)c(C)c1-c1ccc2ccccc2n1. The van der Waals surface area contributed by atoms with Gasteiger partial charge in [0.1, 0.15) is 0 Å². The van der Waals surface area contributed by atoms with E-state index in [9.17, 15) is 0 Å². The largest absolute Gasteiger partial charge is 0.272 e. The number of aromatic nitrogens is 3. The predicted molar refractivity (Wildman–Crippen MR) is 73.4 cm³/mol. The number of fused-ring (bicyclic) bond motifs is 1. The van der Waals surface area contributed by atoms with Crippen molar-refractivity contribution in [3.63, 3.8) is 0 Å². The number of para-hydroxylation sites is 1. The smallest absolute Gasteiger partial charge is 0.0746 e. The lowest BCUT2D eigenvalue weighted by Gasteiger charge is -2.03. The fourth-order valence-corrected chi connectivity index (χ4v) is 2.35. The van der Waals surface area contributed by atoms with E-state index in [2.05, 4.69) is 30.2 Å². The van der Waals surface area contributed by atoms with Gasteiger partial charge in [0.2, 0.25) is 0 Å². The normalized spacial score (nSPS) is 11.1. The molecule has 90 valence electrons. The summed E-state index contributed by atoms with van der Waals surface area (Å²) in [6, 6.07) is 12.4. The van der Waals surface area contributed by atoms with Crippen molar-refractivity contribution < 1.29 is 0 Å². The number of pyridine rings is 1. The van der Waals surface area contributed by atoms with E-state index in [4.69, 9.17) is 4.98 Å². The minimum Gasteiger partial charge on any atom is -0.272 e. The topological polar surface area (TPSA) is 30.7 Å². The highest BCUT2D eigenvalue weighted by atomic mass is 15.3. The van der Waals surface area contributed by atoms with Crippen LogP contribution in [-0.4, -0.2) is 14.8 Å². The van der Waals surface area contributed by atoms with Crippen LogP contribution in [0.2, 0.25) is 0 Å². The van der Waals surface area contributed by atoms with Gasteiger partial charge in [-0.25, -0.2) is 4.98 Å². The Hall–Kier alpha value is -2.16. The highest BCUT2D eigenvalue weighted by Crippen LogP contribution is 2.26. The summed E-state index contributed by atoms with van der Waals surface area (Å²) in [5, 5.41) is 5.61. The van der Waals surface area contributed by atoms with Gasteiger partial charge in [-0.05, 0) is 26.0 Å². The fraction of sp³-hybridized carbons (Fsp3) is 0.200. The molecule has 0 aliphatic heterocycles. The Bertz CT molecular complexity index is 726. The van der Waals surface area contributed by atoms with Crippen molar-refractivity contribution in [1.29, 1.82) is 0 Å². The molecule has 3 aromatic rings. The Labute approximate surface area is 106 Å². The number of aryl methyl sites for hydroxylation is 2. The minimum atomic E-state index is 0.997. The summed E-state index contributed by atoms with van der Waals surface area (Å²) in [6.07, 6.45) is 0. The summed E-state index contributed by atoms with van der Waals surface area (Å²) in [5.74, 6) is 0. The van der Waals surface area contributed by atoms with Crippen molar-refractivity contribution in [2.24, 2.45) is 7.05 Å². The number of benzene rings is 1. The van der Waals surface area contributed by atoms with Gasteiger partial charge in [0.15, 0.2) is 0 Å². The van der Waals surface area contributed by atoms with Crippen LogP contribution >= 0.6 is 0 Å². The van der Waals surface area contributed by atoms with E-state index in [1.165, 1.54) is 5.39 Å². The van der Waals surface area contributed by atoms with E-state index in [1.54, 1.807) is 0 Å². The Morgan fingerprint density at radius 2 is 1.78 bits per heavy atom. The van der Waals surface area contributed by atoms with Gasteiger partial charge in [-0.2, -0.15) is 5.10 Å². The molecule has 18 heavy (non-hydrogen) atoms. The third-order valence-corrected chi connectivity index (χ3v) is 3.36. The third kappa shape index (κ3) is 1.59. The van der Waals surface area contributed by atoms with Crippen LogP contribution in [0.4, 0.5) is 0 Å². The van der Waals surface area contributed by atoms with Gasteiger partial charge in [-0.1, -0.05) is 24.3 Å². The lowest BCUT2D eigenvalue weighted by molar-refractivity contribution is 0.731. The van der Waals surface area contributed by atoms with Crippen LogP contribution in [0.1, 0.15) is 11.4 Å². The van der Waals surface area contributed by atoms with Crippen molar-refractivity contribution in [2.45, 2.75) is 13.8 Å². The van der Waals surface area contributed by atoms with Crippen LogP contribution in [0, 0.1) is 13.8 Å². The molecule has 0 amide bonds. The Morgan fingerprint density at radius 1 is 1.00 bits per heavy atom. The van der Waals surface area contributed by atoms with Gasteiger partial charge in [-0.3, -0.25) is 4.68 Å². The first-order valence-corrected chi connectivity index (χ1v) is 6.03. The second kappa shape index (κ2) is 3.95. The first kappa shape index (κ1) is 11.0. The molecular formula is C15H15N3. The monoisotopic (exact) mass is 237 g/mol. The molecule has 2 heterocycles. The zero-order valence-electron chi connectivity index (χ0n) is 10.8. The zero-order valence-corrected chi connectivity index (χ0v) is 10.8. The molecule has 0 bridgehead atoms. The van der Waals surface area contributed by atoms with Crippen LogP contribution in [0.15, 0.2) is 36.4 Å². The Kier molecular flexibility index (Phi) is 2.40. The summed E-state index contributed by atoms with van der Waals surface area (Å²) in [6.45, 7) is 4.10. The molecule has 1 aromatic carbocycles. The molecule has 0 N–H and O–H groups in total.